The fraction of sp³-hybridized carbons (Fsp3) is 0.500. The number of nitrogens with zero attached hydrogens (tertiary/aromatic N) is 4. The van der Waals surface area contributed by atoms with Gasteiger partial charge >= 0.3 is 5.97 Å². The monoisotopic (exact) mass is 972 g/mol. The van der Waals surface area contributed by atoms with Gasteiger partial charge in [-0.25, -0.2) is 4.79 Å². The second-order valence-corrected chi connectivity index (χ2v) is 17.9. The van der Waals surface area contributed by atoms with Crippen molar-refractivity contribution in [3.63, 3.8) is 0 Å². The van der Waals surface area contributed by atoms with Crippen LogP contribution in [-0.2, 0) is 28.5 Å². The highest BCUT2D eigenvalue weighted by atomic mass is 35.5. The van der Waals surface area contributed by atoms with Crippen LogP contribution >= 0.6 is 45.9 Å². The first-order valence-electron chi connectivity index (χ1n) is 21.8. The summed E-state index contributed by atoms with van der Waals surface area (Å²) in [6, 6.07) is 19.8. The fourth-order valence-electron chi connectivity index (χ4n) is 5.72. The van der Waals surface area contributed by atoms with E-state index in [1.807, 2.05) is 80.5 Å². The molecule has 0 atom stereocenters. The summed E-state index contributed by atoms with van der Waals surface area (Å²) in [5.41, 5.74) is 7.29. The molecule has 0 saturated carbocycles. The van der Waals surface area contributed by atoms with Gasteiger partial charge in [-0.05, 0) is 85.0 Å². The summed E-state index contributed by atoms with van der Waals surface area (Å²) in [6.45, 7) is 5.82. The van der Waals surface area contributed by atoms with E-state index in [0.717, 1.165) is 105 Å². The molecule has 0 saturated heterocycles. The lowest BCUT2D eigenvalue weighted by Crippen LogP contribution is -2.28. The number of alkyl halides is 2. The van der Waals surface area contributed by atoms with Gasteiger partial charge in [0.15, 0.2) is 0 Å². The molecule has 4 rings (SSSR count). The molecule has 2 heterocycles. The van der Waals surface area contributed by atoms with E-state index in [2.05, 4.69) is 17.4 Å². The third kappa shape index (κ3) is 24.2. The molecule has 0 fully saturated rings. The van der Waals surface area contributed by atoms with Gasteiger partial charge in [0.05, 0.1) is 39.6 Å². The Morgan fingerprint density at radius 3 is 1.49 bits per heavy atom. The number of benzene rings is 2. The second-order valence-electron chi connectivity index (χ2n) is 14.9. The largest absolute Gasteiger partial charge is 0.477 e. The van der Waals surface area contributed by atoms with E-state index in [4.69, 9.17) is 58.3 Å². The van der Waals surface area contributed by atoms with Gasteiger partial charge < -0.3 is 44.9 Å². The van der Waals surface area contributed by atoms with Crippen molar-refractivity contribution in [1.82, 2.24) is 5.32 Å². The molecule has 0 aliphatic carbocycles. The summed E-state index contributed by atoms with van der Waals surface area (Å²) in [6.07, 6.45) is 12.0. The molecule has 0 unspecified atom stereocenters. The number of carboxylic acid groups (broad SMARTS) is 1. The summed E-state index contributed by atoms with van der Waals surface area (Å²) in [5.74, 6) is -0.0993. The highest BCUT2D eigenvalue weighted by molar-refractivity contribution is 7.20. The molecule has 13 nitrogen and oxygen atoms in total. The van der Waals surface area contributed by atoms with Gasteiger partial charge in [0.1, 0.15) is 23.3 Å². The summed E-state index contributed by atoms with van der Waals surface area (Å²) in [7, 11) is 7.92. The highest BCUT2D eigenvalue weighted by Gasteiger charge is 2.11. The van der Waals surface area contributed by atoms with E-state index in [1.54, 1.807) is 23.5 Å². The molecule has 0 aliphatic rings. The molecule has 65 heavy (non-hydrogen) atoms. The number of halogens is 2. The van der Waals surface area contributed by atoms with Gasteiger partial charge in [0.25, 0.3) is 5.91 Å². The second kappa shape index (κ2) is 35.0. The first-order chi connectivity index (χ1) is 31.5. The van der Waals surface area contributed by atoms with Crippen molar-refractivity contribution in [2.75, 3.05) is 116 Å². The van der Waals surface area contributed by atoms with Crippen molar-refractivity contribution in [1.29, 1.82) is 10.5 Å². The number of carbonyl (C=O) groups excluding carboxylic acids is 1. The van der Waals surface area contributed by atoms with Gasteiger partial charge in [-0.3, -0.25) is 4.79 Å². The Bertz CT molecular complexity index is 2120. The number of anilines is 2. The van der Waals surface area contributed by atoms with Crippen LogP contribution in [0.5, 0.6) is 0 Å². The number of nitriles is 2. The van der Waals surface area contributed by atoms with Gasteiger partial charge in [-0.1, -0.05) is 37.8 Å². The number of nitrogens with one attached hydrogen (secondary N) is 1. The smallest absolute Gasteiger partial charge is 0.346 e. The number of ether oxygens (including phenoxy) is 4. The third-order valence-electron chi connectivity index (χ3n) is 9.25. The van der Waals surface area contributed by atoms with Gasteiger partial charge in [0.2, 0.25) is 0 Å². The number of amides is 1. The number of carbonyl (C=O) groups is 2. The Balaban J connectivity index is 0.000000372. The number of carboxylic acids is 1. The molecule has 356 valence electrons. The standard InChI is InChI=1S/C24H32ClN3O3S.C14H12N2O2S.C10H22ClNO2/c1-28(2)21-8-7-19-15-22(32-23(19)17-21)16-20(18-26)24(29)27-10-12-31-14-13-30-11-6-4-3-5-9-25;1-16(2)11-4-3-9-5-12(19-13(9)7-11)6-10(8-15)14(17)18;11-5-3-1-2-4-7-13-9-10-14-8-6-12/h7-8,15-17H,3-6,9-14H2,1-2H3,(H,27,29);3-7H,1-2H3,(H,17,18);1-10,12H2/b20-16+;10-6+;. The topological polar surface area (TPSA) is 183 Å². The van der Waals surface area contributed by atoms with Crippen LogP contribution in [0.3, 0.4) is 0 Å². The molecule has 2 aromatic heterocycles. The van der Waals surface area contributed by atoms with Crippen LogP contribution in [0.1, 0.15) is 61.1 Å². The quantitative estimate of drug-likeness (QED) is 0.0203. The average Bonchev–Trinajstić information content (AvgIpc) is 3.91. The van der Waals surface area contributed by atoms with Gasteiger partial charge in [-0.15, -0.1) is 45.9 Å². The molecule has 0 bridgehead atoms. The number of fused-ring (bicyclic) bond motifs is 2. The predicted octanol–water partition coefficient (Wildman–Crippen LogP) is 9.56. The van der Waals surface area contributed by atoms with E-state index in [0.29, 0.717) is 52.7 Å². The summed E-state index contributed by atoms with van der Waals surface area (Å²) < 4.78 is 23.7. The van der Waals surface area contributed by atoms with Crippen molar-refractivity contribution >= 4 is 101 Å². The number of unbranched alkanes of at least 4 members (excludes halogenated alkanes) is 6. The van der Waals surface area contributed by atoms with Crippen molar-refractivity contribution < 1.29 is 33.6 Å². The maximum Gasteiger partial charge on any atom is 0.346 e. The van der Waals surface area contributed by atoms with E-state index in [9.17, 15) is 14.9 Å². The molecule has 4 aromatic rings. The van der Waals surface area contributed by atoms with E-state index in [-0.39, 0.29) is 11.1 Å². The highest BCUT2D eigenvalue weighted by Crippen LogP contribution is 2.31. The Morgan fingerprint density at radius 2 is 1.08 bits per heavy atom. The number of hydrogen-bond donors (Lipinski definition) is 3. The molecule has 1 amide bonds. The van der Waals surface area contributed by atoms with Crippen molar-refractivity contribution in [3.8, 4) is 12.1 Å². The van der Waals surface area contributed by atoms with E-state index < -0.39 is 11.9 Å². The minimum Gasteiger partial charge on any atom is -0.477 e. The van der Waals surface area contributed by atoms with E-state index >= 15 is 0 Å². The first-order valence-corrected chi connectivity index (χ1v) is 24.5. The number of rotatable bonds is 29. The Kier molecular flexibility index (Phi) is 30.6. The van der Waals surface area contributed by atoms with Crippen LogP contribution in [-0.4, -0.2) is 123 Å². The molecule has 0 aliphatic heterocycles. The lowest BCUT2D eigenvalue weighted by atomic mass is 10.2. The van der Waals surface area contributed by atoms with Crippen molar-refractivity contribution in [2.45, 2.75) is 51.4 Å². The minimum absolute atomic E-state index is 0.0851. The number of aliphatic carboxylic acids is 1. The number of nitrogens with two attached hydrogens (primary N) is 1. The minimum atomic E-state index is -1.20. The van der Waals surface area contributed by atoms with Crippen molar-refractivity contribution in [3.05, 3.63) is 69.4 Å². The number of hydrogen-bond acceptors (Lipinski definition) is 13. The lowest BCUT2D eigenvalue weighted by Gasteiger charge is -2.11. The van der Waals surface area contributed by atoms with Gasteiger partial charge in [0, 0.05) is 96.8 Å². The molecule has 0 spiro atoms. The van der Waals surface area contributed by atoms with Crippen molar-refractivity contribution in [2.24, 2.45) is 5.73 Å². The van der Waals surface area contributed by atoms with Gasteiger partial charge in [-0.2, -0.15) is 10.5 Å². The molecule has 2 aromatic carbocycles. The fourth-order valence-corrected chi connectivity index (χ4v) is 8.18. The third-order valence-corrected chi connectivity index (χ3v) is 11.9. The Labute approximate surface area is 403 Å². The van der Waals surface area contributed by atoms with Crippen LogP contribution in [0, 0.1) is 22.7 Å². The van der Waals surface area contributed by atoms with Crippen LogP contribution in [0.2, 0.25) is 0 Å². The maximum atomic E-state index is 12.3. The normalized spacial score (nSPS) is 11.3. The molecule has 4 N–H and O–H groups in total. The van der Waals surface area contributed by atoms with Crippen LogP contribution in [0.4, 0.5) is 11.4 Å². The summed E-state index contributed by atoms with van der Waals surface area (Å²) in [5, 5.41) is 31.9. The van der Waals surface area contributed by atoms with Crippen LogP contribution < -0.4 is 20.9 Å². The molecular weight excluding hydrogens is 908 g/mol. The summed E-state index contributed by atoms with van der Waals surface area (Å²) >= 11 is 14.2. The van der Waals surface area contributed by atoms with Crippen LogP contribution in [0.15, 0.2) is 59.7 Å². The SMILES string of the molecule is CN(C)c1ccc2cc(/C=C(\C#N)C(=O)NCCOCCOCCCCCCCl)sc2c1.CN(C)c1ccc2cc(/C=C(\C#N)C(=O)O)sc2c1.NCCOCCOCCCCCCCl. The zero-order chi connectivity index (χ0) is 47.7. The zero-order valence-corrected chi connectivity index (χ0v) is 41.4. The molecule has 0 radical (unpaired) electrons. The van der Waals surface area contributed by atoms with Crippen LogP contribution in [0.25, 0.3) is 32.3 Å². The maximum absolute atomic E-state index is 12.3. The molecular formula is C48H66Cl2N6O7S2. The average molecular weight is 974 g/mol. The predicted molar refractivity (Wildman–Crippen MR) is 271 cm³/mol. The first kappa shape index (κ1) is 56.9. The Morgan fingerprint density at radius 1 is 0.646 bits per heavy atom. The lowest BCUT2D eigenvalue weighted by molar-refractivity contribution is -0.132. The Hall–Kier alpha value is -4.26. The zero-order valence-electron chi connectivity index (χ0n) is 38.3. The number of thiophene rings is 2. The molecule has 17 heteroatoms. The van der Waals surface area contributed by atoms with E-state index in [1.165, 1.54) is 30.3 Å². The summed E-state index contributed by atoms with van der Waals surface area (Å²) in [4.78, 5) is 28.8.